The first-order chi connectivity index (χ1) is 28.0. The lowest BCUT2D eigenvalue weighted by molar-refractivity contribution is -0.167. The number of unbranched alkanes of at least 4 members (excludes halogenated alkanes) is 29. The van der Waals surface area contributed by atoms with Crippen molar-refractivity contribution in [2.45, 2.75) is 258 Å². The van der Waals surface area contributed by atoms with Crippen molar-refractivity contribution >= 4 is 17.9 Å². The molecular formula is C51H92O6. The Morgan fingerprint density at radius 3 is 1.05 bits per heavy atom. The van der Waals surface area contributed by atoms with Crippen LogP contribution in [0.5, 0.6) is 0 Å². The molecule has 1 atom stereocenters. The maximum atomic E-state index is 12.7. The van der Waals surface area contributed by atoms with Crippen LogP contribution in [0.4, 0.5) is 0 Å². The van der Waals surface area contributed by atoms with E-state index in [0.717, 1.165) is 83.5 Å². The minimum atomic E-state index is -0.776. The van der Waals surface area contributed by atoms with Crippen LogP contribution in [0, 0.1) is 0 Å². The molecule has 0 aliphatic heterocycles. The Morgan fingerprint density at radius 1 is 0.368 bits per heavy atom. The van der Waals surface area contributed by atoms with Crippen molar-refractivity contribution in [1.29, 1.82) is 0 Å². The zero-order valence-corrected chi connectivity index (χ0v) is 37.9. The highest BCUT2D eigenvalue weighted by molar-refractivity contribution is 5.71. The Bertz CT molecular complexity index is 969. The molecule has 0 N–H and O–H groups in total. The average Bonchev–Trinajstić information content (AvgIpc) is 3.21. The second-order valence-corrected chi connectivity index (χ2v) is 16.4. The van der Waals surface area contributed by atoms with Crippen LogP contribution in [-0.4, -0.2) is 37.2 Å². The summed E-state index contributed by atoms with van der Waals surface area (Å²) in [5, 5.41) is 0. The lowest BCUT2D eigenvalue weighted by Gasteiger charge is -2.18. The highest BCUT2D eigenvalue weighted by atomic mass is 16.6. The summed E-state index contributed by atoms with van der Waals surface area (Å²) in [5.41, 5.74) is 0. The SMILES string of the molecule is CC\C=C/C=C\C=C/CCCCCCCC(=O)OC(COC(=O)CCCCCCCCCCCCC)COC(=O)CCCCCCCCCCCCCCCCC. The molecule has 0 rings (SSSR count). The number of carbonyl (C=O) groups is 3. The fourth-order valence-electron chi connectivity index (χ4n) is 7.03. The lowest BCUT2D eigenvalue weighted by atomic mass is 10.0. The van der Waals surface area contributed by atoms with Gasteiger partial charge in [-0.1, -0.05) is 231 Å². The van der Waals surface area contributed by atoms with Gasteiger partial charge < -0.3 is 14.2 Å². The maximum Gasteiger partial charge on any atom is 0.306 e. The van der Waals surface area contributed by atoms with Crippen LogP contribution in [0.3, 0.4) is 0 Å². The van der Waals surface area contributed by atoms with Crippen LogP contribution in [0.2, 0.25) is 0 Å². The molecular weight excluding hydrogens is 709 g/mol. The van der Waals surface area contributed by atoms with Crippen molar-refractivity contribution in [1.82, 2.24) is 0 Å². The van der Waals surface area contributed by atoms with Gasteiger partial charge in [-0.3, -0.25) is 14.4 Å². The van der Waals surface area contributed by atoms with Gasteiger partial charge in [-0.05, 0) is 38.5 Å². The van der Waals surface area contributed by atoms with Gasteiger partial charge in [0.15, 0.2) is 6.10 Å². The largest absolute Gasteiger partial charge is 0.462 e. The van der Waals surface area contributed by atoms with Gasteiger partial charge in [0.25, 0.3) is 0 Å². The molecule has 0 aliphatic carbocycles. The van der Waals surface area contributed by atoms with Crippen LogP contribution in [-0.2, 0) is 28.6 Å². The van der Waals surface area contributed by atoms with Crippen LogP contribution >= 0.6 is 0 Å². The van der Waals surface area contributed by atoms with Crippen LogP contribution < -0.4 is 0 Å². The van der Waals surface area contributed by atoms with E-state index in [-0.39, 0.29) is 31.1 Å². The minimum absolute atomic E-state index is 0.0768. The van der Waals surface area contributed by atoms with E-state index in [1.807, 2.05) is 0 Å². The second kappa shape index (κ2) is 46.3. The minimum Gasteiger partial charge on any atom is -0.462 e. The van der Waals surface area contributed by atoms with Crippen molar-refractivity contribution in [3.8, 4) is 0 Å². The molecule has 6 heteroatoms. The summed E-state index contributed by atoms with van der Waals surface area (Å²) in [6.07, 6.45) is 52.7. The Hall–Kier alpha value is -2.37. The summed E-state index contributed by atoms with van der Waals surface area (Å²) in [6.45, 7) is 6.50. The zero-order valence-electron chi connectivity index (χ0n) is 37.9. The molecule has 0 fully saturated rings. The molecule has 332 valence electrons. The molecule has 0 aromatic heterocycles. The van der Waals surface area contributed by atoms with E-state index in [1.165, 1.54) is 128 Å². The van der Waals surface area contributed by atoms with Crippen molar-refractivity contribution in [3.63, 3.8) is 0 Å². The second-order valence-electron chi connectivity index (χ2n) is 16.4. The Kier molecular flexibility index (Phi) is 44.4. The molecule has 1 unspecified atom stereocenters. The third kappa shape index (κ3) is 44.6. The molecule has 0 aromatic rings. The Labute approximate surface area is 353 Å². The maximum absolute atomic E-state index is 12.7. The number of hydrogen-bond acceptors (Lipinski definition) is 6. The quantitative estimate of drug-likeness (QED) is 0.0264. The molecule has 0 saturated heterocycles. The monoisotopic (exact) mass is 801 g/mol. The van der Waals surface area contributed by atoms with Crippen molar-refractivity contribution < 1.29 is 28.6 Å². The standard InChI is InChI=1S/C51H92O6/c1-4-7-10-13-16-19-22-24-25-27-29-32-35-38-41-44-50(53)56-47-48(46-55-49(52)43-40-37-34-31-28-21-18-15-12-9-6-3)57-51(54)45-42-39-36-33-30-26-23-20-17-14-11-8-5-2/h8,11,14,17,20,23,48H,4-7,9-10,12-13,15-16,18-19,21-22,24-47H2,1-3H3/b11-8-,17-14-,23-20-. The van der Waals surface area contributed by atoms with Gasteiger partial charge in [0.05, 0.1) is 0 Å². The van der Waals surface area contributed by atoms with Gasteiger partial charge in [-0.25, -0.2) is 0 Å². The van der Waals surface area contributed by atoms with E-state index in [1.54, 1.807) is 0 Å². The van der Waals surface area contributed by atoms with E-state index in [0.29, 0.717) is 19.3 Å². The number of esters is 3. The predicted octanol–water partition coefficient (Wildman–Crippen LogP) is 15.8. The highest BCUT2D eigenvalue weighted by Crippen LogP contribution is 2.16. The first-order valence-electron chi connectivity index (χ1n) is 24.5. The number of allylic oxidation sites excluding steroid dienone is 6. The molecule has 57 heavy (non-hydrogen) atoms. The van der Waals surface area contributed by atoms with Crippen molar-refractivity contribution in [2.24, 2.45) is 0 Å². The summed E-state index contributed by atoms with van der Waals surface area (Å²) in [7, 11) is 0. The summed E-state index contributed by atoms with van der Waals surface area (Å²) in [6, 6.07) is 0. The fraction of sp³-hybridized carbons (Fsp3) is 0.824. The molecule has 0 aliphatic rings. The Morgan fingerprint density at radius 2 is 0.684 bits per heavy atom. The van der Waals surface area contributed by atoms with Crippen LogP contribution in [0.15, 0.2) is 36.5 Å². The topological polar surface area (TPSA) is 78.9 Å². The summed E-state index contributed by atoms with van der Waals surface area (Å²) in [5.74, 6) is -0.890. The van der Waals surface area contributed by atoms with Crippen molar-refractivity contribution in [3.05, 3.63) is 36.5 Å². The van der Waals surface area contributed by atoms with E-state index < -0.39 is 6.10 Å². The molecule has 0 saturated carbocycles. The van der Waals surface area contributed by atoms with E-state index in [4.69, 9.17) is 14.2 Å². The smallest absolute Gasteiger partial charge is 0.306 e. The highest BCUT2D eigenvalue weighted by Gasteiger charge is 2.19. The fourth-order valence-corrected chi connectivity index (χ4v) is 7.03. The summed E-state index contributed by atoms with van der Waals surface area (Å²) in [4.78, 5) is 37.8. The third-order valence-corrected chi connectivity index (χ3v) is 10.7. The molecule has 0 aromatic carbocycles. The molecule has 0 spiro atoms. The average molecular weight is 801 g/mol. The lowest BCUT2D eigenvalue weighted by Crippen LogP contribution is -2.30. The van der Waals surface area contributed by atoms with Gasteiger partial charge in [0, 0.05) is 19.3 Å². The number of hydrogen-bond donors (Lipinski definition) is 0. The number of rotatable bonds is 44. The van der Waals surface area contributed by atoms with Gasteiger partial charge in [-0.2, -0.15) is 0 Å². The summed E-state index contributed by atoms with van der Waals surface area (Å²) < 4.78 is 16.7. The van der Waals surface area contributed by atoms with Crippen LogP contribution in [0.25, 0.3) is 0 Å². The first-order valence-corrected chi connectivity index (χ1v) is 24.5. The van der Waals surface area contributed by atoms with E-state index in [9.17, 15) is 14.4 Å². The first kappa shape index (κ1) is 54.6. The van der Waals surface area contributed by atoms with Gasteiger partial charge in [0.1, 0.15) is 13.2 Å². The summed E-state index contributed by atoms with van der Waals surface area (Å²) >= 11 is 0. The normalized spacial score (nSPS) is 12.3. The molecule has 0 radical (unpaired) electrons. The van der Waals surface area contributed by atoms with Gasteiger partial charge in [-0.15, -0.1) is 0 Å². The molecule has 0 heterocycles. The number of carbonyl (C=O) groups excluding carboxylic acids is 3. The van der Waals surface area contributed by atoms with E-state index >= 15 is 0 Å². The molecule has 6 nitrogen and oxygen atoms in total. The van der Waals surface area contributed by atoms with Crippen LogP contribution in [0.1, 0.15) is 252 Å². The van der Waals surface area contributed by atoms with Gasteiger partial charge in [0.2, 0.25) is 0 Å². The molecule has 0 bridgehead atoms. The number of ether oxygens (including phenoxy) is 3. The molecule has 0 amide bonds. The predicted molar refractivity (Wildman–Crippen MR) is 242 cm³/mol. The zero-order chi connectivity index (χ0) is 41.5. The van der Waals surface area contributed by atoms with E-state index in [2.05, 4.69) is 57.2 Å². The third-order valence-electron chi connectivity index (χ3n) is 10.7. The van der Waals surface area contributed by atoms with Crippen molar-refractivity contribution in [2.75, 3.05) is 13.2 Å². The van der Waals surface area contributed by atoms with Gasteiger partial charge >= 0.3 is 17.9 Å². The Balaban J connectivity index is 4.36.